The van der Waals surface area contributed by atoms with Crippen molar-refractivity contribution in [3.63, 3.8) is 0 Å². The molecule has 7 heteroatoms. The number of hydrogen-bond acceptors (Lipinski definition) is 6. The number of ether oxygens (including phenoxy) is 2. The Morgan fingerprint density at radius 1 is 1.12 bits per heavy atom. The van der Waals surface area contributed by atoms with Crippen LogP contribution in [-0.4, -0.2) is 31.6 Å². The molecule has 1 unspecified atom stereocenters. The maximum Gasteiger partial charge on any atom is 0.341 e. The Bertz CT molecular complexity index is 1010. The van der Waals surface area contributed by atoms with E-state index in [2.05, 4.69) is 26.1 Å². The van der Waals surface area contributed by atoms with Gasteiger partial charge in [0.2, 0.25) is 5.91 Å². The van der Waals surface area contributed by atoms with Gasteiger partial charge >= 0.3 is 11.9 Å². The van der Waals surface area contributed by atoms with E-state index in [9.17, 15) is 14.4 Å². The van der Waals surface area contributed by atoms with Crippen molar-refractivity contribution in [1.29, 1.82) is 0 Å². The van der Waals surface area contributed by atoms with Crippen molar-refractivity contribution in [1.82, 2.24) is 0 Å². The molecular formula is C27H35NO5S. The second kappa shape index (κ2) is 11.6. The van der Waals surface area contributed by atoms with E-state index >= 15 is 0 Å². The van der Waals surface area contributed by atoms with Crippen LogP contribution >= 0.6 is 11.3 Å². The molecule has 1 amide bonds. The normalized spacial score (nSPS) is 15.4. The van der Waals surface area contributed by atoms with Gasteiger partial charge in [-0.25, -0.2) is 4.79 Å². The van der Waals surface area contributed by atoms with Gasteiger partial charge in [0, 0.05) is 11.3 Å². The fourth-order valence-corrected chi connectivity index (χ4v) is 5.65. The molecule has 0 radical (unpaired) electrons. The Labute approximate surface area is 206 Å². The van der Waals surface area contributed by atoms with Crippen LogP contribution in [0.25, 0.3) is 0 Å². The highest BCUT2D eigenvalue weighted by molar-refractivity contribution is 7.17. The second-order valence-corrected chi connectivity index (χ2v) is 11.0. The first-order chi connectivity index (χ1) is 16.2. The van der Waals surface area contributed by atoms with Crippen molar-refractivity contribution >= 4 is 34.2 Å². The third kappa shape index (κ3) is 6.92. The summed E-state index contributed by atoms with van der Waals surface area (Å²) in [4.78, 5) is 38.3. The van der Waals surface area contributed by atoms with Crippen LogP contribution in [0, 0.1) is 11.3 Å². The van der Waals surface area contributed by atoms with Crippen LogP contribution in [0.2, 0.25) is 0 Å². The minimum atomic E-state index is -0.431. The smallest absolute Gasteiger partial charge is 0.341 e. The summed E-state index contributed by atoms with van der Waals surface area (Å²) in [6.45, 7) is 7.04. The zero-order valence-corrected chi connectivity index (χ0v) is 21.4. The summed E-state index contributed by atoms with van der Waals surface area (Å²) in [5.74, 6) is -0.614. The third-order valence-electron chi connectivity index (χ3n) is 6.40. The molecule has 0 saturated carbocycles. The van der Waals surface area contributed by atoms with Gasteiger partial charge in [0.25, 0.3) is 0 Å². The molecule has 1 aromatic carbocycles. The average molecular weight is 486 g/mol. The summed E-state index contributed by atoms with van der Waals surface area (Å²) < 4.78 is 10.3. The van der Waals surface area contributed by atoms with Gasteiger partial charge in [0.15, 0.2) is 0 Å². The summed E-state index contributed by atoms with van der Waals surface area (Å²) in [6.07, 6.45) is 4.26. The lowest BCUT2D eigenvalue weighted by molar-refractivity contribution is -0.144. The highest BCUT2D eigenvalue weighted by Gasteiger charge is 2.34. The van der Waals surface area contributed by atoms with Crippen LogP contribution in [0.1, 0.15) is 72.8 Å². The molecule has 2 aromatic rings. The monoisotopic (exact) mass is 485 g/mol. The van der Waals surface area contributed by atoms with Gasteiger partial charge in [-0.3, -0.25) is 9.59 Å². The Morgan fingerprint density at radius 2 is 1.85 bits per heavy atom. The summed E-state index contributed by atoms with van der Waals surface area (Å²) >= 11 is 1.45. The summed E-state index contributed by atoms with van der Waals surface area (Å²) in [7, 11) is 1.35. The van der Waals surface area contributed by atoms with E-state index < -0.39 is 11.9 Å². The quantitative estimate of drug-likeness (QED) is 0.370. The lowest BCUT2D eigenvalue weighted by atomic mass is 9.72. The van der Waals surface area contributed by atoms with Crippen LogP contribution in [0.3, 0.4) is 0 Å². The van der Waals surface area contributed by atoms with Crippen molar-refractivity contribution in [3.05, 3.63) is 51.9 Å². The molecule has 1 aromatic heterocycles. The summed E-state index contributed by atoms with van der Waals surface area (Å²) in [5, 5.41) is 3.37. The van der Waals surface area contributed by atoms with Crippen molar-refractivity contribution in [2.45, 2.75) is 65.7 Å². The summed E-state index contributed by atoms with van der Waals surface area (Å²) in [6, 6.07) is 10.0. The lowest BCUT2D eigenvalue weighted by Gasteiger charge is -2.33. The van der Waals surface area contributed by atoms with Gasteiger partial charge in [-0.2, -0.15) is 0 Å². The number of carbonyl (C=O) groups is 3. The molecule has 0 saturated heterocycles. The molecule has 0 bridgehead atoms. The molecule has 0 spiro atoms. The molecule has 34 heavy (non-hydrogen) atoms. The number of fused-ring (bicyclic) bond motifs is 1. The van der Waals surface area contributed by atoms with E-state index in [0.717, 1.165) is 42.5 Å². The Hall–Kier alpha value is -2.67. The van der Waals surface area contributed by atoms with E-state index in [0.29, 0.717) is 23.1 Å². The number of esters is 2. The van der Waals surface area contributed by atoms with Gasteiger partial charge in [-0.15, -0.1) is 11.3 Å². The number of nitrogens with one attached hydrogen (secondary N) is 1. The highest BCUT2D eigenvalue weighted by atomic mass is 32.1. The Balaban J connectivity index is 1.52. The molecular weight excluding hydrogens is 450 g/mol. The largest absolute Gasteiger partial charge is 0.466 e. The molecule has 1 aliphatic rings. The average Bonchev–Trinajstić information content (AvgIpc) is 3.17. The standard InChI is InChI=1S/C27H35NO5S/c1-27(2,3)19-12-13-20-21(17-19)34-25(24(20)26(31)32-4)28-22(29)14-15-23(30)33-16-8-11-18-9-6-5-7-10-18/h5-7,9-10,19H,8,11-17H2,1-4H3,(H,28,29). The molecule has 1 heterocycles. The zero-order chi connectivity index (χ0) is 24.7. The predicted molar refractivity (Wildman–Crippen MR) is 134 cm³/mol. The van der Waals surface area contributed by atoms with Crippen molar-refractivity contribution in [2.24, 2.45) is 11.3 Å². The van der Waals surface area contributed by atoms with Gasteiger partial charge in [0.1, 0.15) is 5.00 Å². The topological polar surface area (TPSA) is 81.7 Å². The minimum Gasteiger partial charge on any atom is -0.466 e. The number of aryl methyl sites for hydroxylation is 1. The van der Waals surface area contributed by atoms with Crippen molar-refractivity contribution in [3.8, 4) is 0 Å². The molecule has 0 fully saturated rings. The molecule has 1 N–H and O–H groups in total. The second-order valence-electron chi connectivity index (χ2n) is 9.86. The maximum atomic E-state index is 12.6. The number of methoxy groups -OCH3 is 1. The maximum absolute atomic E-state index is 12.6. The fourth-order valence-electron chi connectivity index (χ4n) is 4.32. The Kier molecular flexibility index (Phi) is 8.89. The zero-order valence-electron chi connectivity index (χ0n) is 20.6. The number of thiophene rings is 1. The van der Waals surface area contributed by atoms with Crippen LogP contribution in [0.4, 0.5) is 5.00 Å². The minimum absolute atomic E-state index is 0.00190. The first-order valence-corrected chi connectivity index (χ1v) is 12.7. The SMILES string of the molecule is COC(=O)c1c(NC(=O)CCC(=O)OCCCc2ccccc2)sc2c1CCC(C(C)(C)C)C2. The van der Waals surface area contributed by atoms with E-state index in [1.807, 2.05) is 30.3 Å². The van der Waals surface area contributed by atoms with Gasteiger partial charge in [-0.1, -0.05) is 51.1 Å². The molecule has 0 aliphatic heterocycles. The molecule has 6 nitrogen and oxygen atoms in total. The van der Waals surface area contributed by atoms with Crippen molar-refractivity contribution < 1.29 is 23.9 Å². The Morgan fingerprint density at radius 3 is 2.53 bits per heavy atom. The third-order valence-corrected chi connectivity index (χ3v) is 7.57. The van der Waals surface area contributed by atoms with Gasteiger partial charge in [0.05, 0.1) is 25.7 Å². The van der Waals surface area contributed by atoms with Crippen LogP contribution in [-0.2, 0) is 38.3 Å². The highest BCUT2D eigenvalue weighted by Crippen LogP contribution is 2.44. The predicted octanol–water partition coefficient (Wildman–Crippen LogP) is 5.58. The molecule has 184 valence electrons. The lowest BCUT2D eigenvalue weighted by Crippen LogP contribution is -2.26. The summed E-state index contributed by atoms with van der Waals surface area (Å²) in [5.41, 5.74) is 2.84. The van der Waals surface area contributed by atoms with E-state index in [1.165, 1.54) is 24.0 Å². The van der Waals surface area contributed by atoms with E-state index in [4.69, 9.17) is 9.47 Å². The van der Waals surface area contributed by atoms with Crippen LogP contribution in [0.15, 0.2) is 30.3 Å². The van der Waals surface area contributed by atoms with Gasteiger partial charge < -0.3 is 14.8 Å². The number of anilines is 1. The number of hydrogen-bond donors (Lipinski definition) is 1. The molecule has 3 rings (SSSR count). The number of amides is 1. The number of benzene rings is 1. The first-order valence-electron chi connectivity index (χ1n) is 11.9. The van der Waals surface area contributed by atoms with Crippen molar-refractivity contribution in [2.75, 3.05) is 19.0 Å². The van der Waals surface area contributed by atoms with E-state index in [1.54, 1.807) is 0 Å². The molecule has 1 aliphatic carbocycles. The molecule has 1 atom stereocenters. The van der Waals surface area contributed by atoms with Crippen LogP contribution in [0.5, 0.6) is 0 Å². The fraction of sp³-hybridized carbons (Fsp3) is 0.519. The van der Waals surface area contributed by atoms with Crippen LogP contribution < -0.4 is 5.32 Å². The number of rotatable bonds is 9. The first kappa shape index (κ1) is 25.9. The number of carbonyl (C=O) groups excluding carboxylic acids is 3. The van der Waals surface area contributed by atoms with E-state index in [-0.39, 0.29) is 24.2 Å². The van der Waals surface area contributed by atoms with Gasteiger partial charge in [-0.05, 0) is 54.6 Å².